The third-order valence-corrected chi connectivity index (χ3v) is 8.48. The Labute approximate surface area is 159 Å². The highest BCUT2D eigenvalue weighted by atomic mass is 19.1. The van der Waals surface area contributed by atoms with E-state index in [9.17, 15) is 19.8 Å². The van der Waals surface area contributed by atoms with Crippen LogP contribution in [0.4, 0.5) is 4.39 Å². The Kier molecular flexibility index (Phi) is 4.11. The van der Waals surface area contributed by atoms with Crippen LogP contribution in [0.5, 0.6) is 0 Å². The maximum Gasteiger partial charge on any atom is 0.178 e. The highest BCUT2D eigenvalue weighted by Crippen LogP contribution is 2.69. The molecule has 0 saturated heterocycles. The van der Waals surface area contributed by atoms with Crippen LogP contribution in [0.15, 0.2) is 23.8 Å². The number of carbonyl (C=O) groups is 2. The molecule has 2 N–H and O–H groups in total. The molecule has 27 heavy (non-hydrogen) atoms. The summed E-state index contributed by atoms with van der Waals surface area (Å²) in [7, 11) is 0. The van der Waals surface area contributed by atoms with Gasteiger partial charge >= 0.3 is 0 Å². The van der Waals surface area contributed by atoms with Gasteiger partial charge in [0.15, 0.2) is 17.2 Å². The first-order valence-corrected chi connectivity index (χ1v) is 10.0. The molecule has 4 nitrogen and oxygen atoms in total. The van der Waals surface area contributed by atoms with Gasteiger partial charge in [0.1, 0.15) is 6.61 Å². The lowest BCUT2D eigenvalue weighted by atomic mass is 9.45. The van der Waals surface area contributed by atoms with Crippen molar-refractivity contribution in [1.29, 1.82) is 0 Å². The van der Waals surface area contributed by atoms with E-state index in [1.54, 1.807) is 13.0 Å². The minimum atomic E-state index is -1.85. The number of fused-ring (bicyclic) bond motifs is 5. The lowest BCUT2D eigenvalue weighted by molar-refractivity contribution is -0.195. The van der Waals surface area contributed by atoms with Crippen LogP contribution >= 0.6 is 0 Å². The zero-order valence-electron chi connectivity index (χ0n) is 16.2. The van der Waals surface area contributed by atoms with Crippen LogP contribution in [-0.4, -0.2) is 40.2 Å². The molecule has 3 saturated carbocycles. The quantitative estimate of drug-likeness (QED) is 0.777. The molecule has 0 aromatic carbocycles. The summed E-state index contributed by atoms with van der Waals surface area (Å²) in [6.45, 7) is 5.29. The normalized spacial score (nSPS) is 51.3. The zero-order chi connectivity index (χ0) is 19.8. The van der Waals surface area contributed by atoms with Crippen LogP contribution in [0.2, 0.25) is 0 Å². The number of allylic oxidation sites excluding steroid dienone is 4. The summed E-state index contributed by atoms with van der Waals surface area (Å²) >= 11 is 0. The molecule has 8 atom stereocenters. The number of carbonyl (C=O) groups excluding carboxylic acids is 2. The van der Waals surface area contributed by atoms with Crippen molar-refractivity contribution in [1.82, 2.24) is 0 Å². The van der Waals surface area contributed by atoms with Gasteiger partial charge < -0.3 is 10.2 Å². The number of hydrogen-bond donors (Lipinski definition) is 2. The summed E-state index contributed by atoms with van der Waals surface area (Å²) < 4.78 is 16.8. The van der Waals surface area contributed by atoms with Gasteiger partial charge in [-0.1, -0.05) is 25.5 Å². The maximum atomic E-state index is 16.8. The Morgan fingerprint density at radius 1 is 1.33 bits per heavy atom. The highest BCUT2D eigenvalue weighted by molar-refractivity contribution is 6.01. The van der Waals surface area contributed by atoms with Gasteiger partial charge in [0.05, 0.1) is 6.10 Å². The average molecular weight is 376 g/mol. The van der Waals surface area contributed by atoms with Gasteiger partial charge in [0.2, 0.25) is 0 Å². The second kappa shape index (κ2) is 5.84. The number of alkyl halides is 1. The second-order valence-corrected chi connectivity index (χ2v) is 9.67. The maximum absolute atomic E-state index is 16.8. The van der Waals surface area contributed by atoms with Crippen molar-refractivity contribution in [3.05, 3.63) is 23.8 Å². The number of ketones is 2. The number of Topliss-reactive ketones (excluding diaryl/α,β-unsaturated/α-hetero) is 1. The largest absolute Gasteiger partial charge is 0.390 e. The number of hydrogen-bond acceptors (Lipinski definition) is 4. The molecule has 0 radical (unpaired) electrons. The van der Waals surface area contributed by atoms with Crippen molar-refractivity contribution in [3.63, 3.8) is 0 Å². The standard InChI is InChI=1S/C22H29FO4/c1-12-8-16-15-5-4-13-9-14(25)6-7-21(13,3)22(15,23)18(27)10-20(16,2)19(12)17(26)11-24/h6-7,9,12,15-16,18-19,24,27H,4-5,8,10-11H2,1-3H3/t12-,15-,16-,18+,19+,20-,21+,22-/m1/s1. The van der Waals surface area contributed by atoms with Crippen molar-refractivity contribution in [2.75, 3.05) is 6.61 Å². The van der Waals surface area contributed by atoms with Gasteiger partial charge in [-0.05, 0) is 62.0 Å². The van der Waals surface area contributed by atoms with Crippen LogP contribution in [0, 0.1) is 34.5 Å². The van der Waals surface area contributed by atoms with Gasteiger partial charge in [-0.25, -0.2) is 4.39 Å². The van der Waals surface area contributed by atoms with Crippen LogP contribution in [0.3, 0.4) is 0 Å². The van der Waals surface area contributed by atoms with E-state index in [4.69, 9.17) is 0 Å². The second-order valence-electron chi connectivity index (χ2n) is 9.67. The Hall–Kier alpha value is -1.33. The number of rotatable bonds is 2. The topological polar surface area (TPSA) is 74.6 Å². The summed E-state index contributed by atoms with van der Waals surface area (Å²) in [4.78, 5) is 24.3. The van der Waals surface area contributed by atoms with E-state index in [-0.39, 0.29) is 41.7 Å². The van der Waals surface area contributed by atoms with E-state index in [2.05, 4.69) is 0 Å². The zero-order valence-corrected chi connectivity index (χ0v) is 16.2. The van der Waals surface area contributed by atoms with Crippen LogP contribution in [0.1, 0.15) is 46.5 Å². The first-order chi connectivity index (χ1) is 12.6. The fourth-order valence-corrected chi connectivity index (χ4v) is 7.36. The molecule has 4 aliphatic carbocycles. The summed E-state index contributed by atoms with van der Waals surface area (Å²) in [5, 5.41) is 20.6. The summed E-state index contributed by atoms with van der Waals surface area (Å²) in [5.74, 6) is -1.00. The van der Waals surface area contributed by atoms with Crippen molar-refractivity contribution < 1.29 is 24.2 Å². The molecule has 0 bridgehead atoms. The Morgan fingerprint density at radius 2 is 2.04 bits per heavy atom. The fourth-order valence-electron chi connectivity index (χ4n) is 7.36. The molecule has 0 unspecified atom stereocenters. The smallest absolute Gasteiger partial charge is 0.178 e. The first-order valence-electron chi connectivity index (χ1n) is 10.0. The Bertz CT molecular complexity index is 757. The van der Waals surface area contributed by atoms with Gasteiger partial charge in [-0.3, -0.25) is 9.59 Å². The molecule has 0 spiro atoms. The van der Waals surface area contributed by atoms with Gasteiger partial charge in [-0.2, -0.15) is 0 Å². The van der Waals surface area contributed by atoms with Crippen molar-refractivity contribution in [2.24, 2.45) is 34.5 Å². The highest BCUT2D eigenvalue weighted by Gasteiger charge is 2.71. The first kappa shape index (κ1) is 19.0. The Balaban J connectivity index is 1.80. The fraction of sp³-hybridized carbons (Fsp3) is 0.727. The number of aliphatic hydroxyl groups is 2. The third-order valence-electron chi connectivity index (χ3n) is 8.48. The molecule has 148 valence electrons. The monoisotopic (exact) mass is 376 g/mol. The van der Waals surface area contributed by atoms with Gasteiger partial charge in [-0.15, -0.1) is 0 Å². The molecular weight excluding hydrogens is 347 g/mol. The summed E-state index contributed by atoms with van der Waals surface area (Å²) in [6.07, 6.45) is 5.53. The van der Waals surface area contributed by atoms with Crippen LogP contribution in [-0.2, 0) is 9.59 Å². The molecule has 0 aromatic heterocycles. The molecule has 5 heteroatoms. The van der Waals surface area contributed by atoms with E-state index >= 15 is 4.39 Å². The molecular formula is C22H29FO4. The summed E-state index contributed by atoms with van der Waals surface area (Å²) in [6, 6.07) is 0. The molecule has 0 amide bonds. The van der Waals surface area contributed by atoms with Gasteiger partial charge in [0, 0.05) is 17.3 Å². The van der Waals surface area contributed by atoms with E-state index in [1.165, 1.54) is 12.2 Å². The average Bonchev–Trinajstić information content (AvgIpc) is 2.86. The van der Waals surface area contributed by atoms with E-state index < -0.39 is 29.2 Å². The molecule has 0 heterocycles. The molecule has 0 aromatic rings. The predicted octanol–water partition coefficient (Wildman–Crippen LogP) is 2.78. The summed E-state index contributed by atoms with van der Waals surface area (Å²) in [5.41, 5.74) is -2.59. The van der Waals surface area contributed by atoms with E-state index in [0.29, 0.717) is 12.8 Å². The number of aliphatic hydroxyl groups excluding tert-OH is 2. The van der Waals surface area contributed by atoms with Crippen molar-refractivity contribution in [2.45, 2.75) is 58.2 Å². The third kappa shape index (κ3) is 2.21. The van der Waals surface area contributed by atoms with Gasteiger partial charge in [0.25, 0.3) is 0 Å². The minimum absolute atomic E-state index is 0.0224. The Morgan fingerprint density at radius 3 is 2.70 bits per heavy atom. The minimum Gasteiger partial charge on any atom is -0.390 e. The van der Waals surface area contributed by atoms with Crippen molar-refractivity contribution >= 4 is 11.6 Å². The molecule has 3 fully saturated rings. The van der Waals surface area contributed by atoms with Crippen LogP contribution < -0.4 is 0 Å². The lowest BCUT2D eigenvalue weighted by Gasteiger charge is -2.62. The van der Waals surface area contributed by atoms with Crippen LogP contribution in [0.25, 0.3) is 0 Å². The van der Waals surface area contributed by atoms with E-state index in [1.807, 2.05) is 13.8 Å². The molecule has 0 aliphatic heterocycles. The van der Waals surface area contributed by atoms with Crippen molar-refractivity contribution in [3.8, 4) is 0 Å². The number of halogens is 1. The van der Waals surface area contributed by atoms with E-state index in [0.717, 1.165) is 12.0 Å². The predicted molar refractivity (Wildman–Crippen MR) is 98.5 cm³/mol. The SMILES string of the molecule is C[C@@H]1C[C@@H]2[C@H]3CCC4=CC(=O)C=C[C@]4(C)[C@]3(F)[C@@H](O)C[C@@]2(C)[C@@H]1C(=O)CO. The molecule has 4 rings (SSSR count). The lowest BCUT2D eigenvalue weighted by Crippen LogP contribution is -2.66. The molecule has 4 aliphatic rings.